The molecule has 64 valence electrons. The van der Waals surface area contributed by atoms with Gasteiger partial charge in [-0.25, -0.2) is 0 Å². The number of hydrogen-bond donors (Lipinski definition) is 0. The van der Waals surface area contributed by atoms with Crippen molar-refractivity contribution in [2.24, 2.45) is 17.8 Å². The van der Waals surface area contributed by atoms with Crippen LogP contribution in [-0.4, -0.2) is 0 Å². The van der Waals surface area contributed by atoms with Crippen LogP contribution in [0.2, 0.25) is 0 Å². The van der Waals surface area contributed by atoms with Gasteiger partial charge in [0.25, 0.3) is 0 Å². The van der Waals surface area contributed by atoms with Gasteiger partial charge in [0.2, 0.25) is 0 Å². The minimum absolute atomic E-state index is 0.792. The van der Waals surface area contributed by atoms with E-state index in [1.165, 1.54) is 24.8 Å². The average molecular weight is 152 g/mol. The summed E-state index contributed by atoms with van der Waals surface area (Å²) in [4.78, 5) is 0. The Morgan fingerprint density at radius 3 is 2.55 bits per heavy atom. The van der Waals surface area contributed by atoms with Gasteiger partial charge >= 0.3 is 0 Å². The van der Waals surface area contributed by atoms with Gasteiger partial charge in [-0.15, -0.1) is 0 Å². The quantitative estimate of drug-likeness (QED) is 0.539. The second-order valence-electron chi connectivity index (χ2n) is 4.27. The first kappa shape index (κ1) is 8.83. The predicted octanol–water partition coefficient (Wildman–Crippen LogP) is 3.63. The van der Waals surface area contributed by atoms with E-state index >= 15 is 0 Å². The van der Waals surface area contributed by atoms with Crippen molar-refractivity contribution in [3.8, 4) is 0 Å². The van der Waals surface area contributed by atoms with E-state index in [9.17, 15) is 0 Å². The van der Waals surface area contributed by atoms with Crippen molar-refractivity contribution in [2.75, 3.05) is 0 Å². The van der Waals surface area contributed by atoms with E-state index in [0.29, 0.717) is 0 Å². The molecule has 0 saturated heterocycles. The summed E-state index contributed by atoms with van der Waals surface area (Å²) in [5.74, 6) is 2.67. The molecule has 1 rings (SSSR count). The fraction of sp³-hybridized carbons (Fsp3) is 0.818. The third kappa shape index (κ3) is 2.36. The summed E-state index contributed by atoms with van der Waals surface area (Å²) in [5, 5.41) is 0. The average Bonchev–Trinajstić information content (AvgIpc) is 2.63. The molecule has 0 aromatic carbocycles. The van der Waals surface area contributed by atoms with Crippen LogP contribution in [0.1, 0.15) is 40.0 Å². The molecular weight excluding hydrogens is 132 g/mol. The fourth-order valence-electron chi connectivity index (χ4n) is 1.87. The van der Waals surface area contributed by atoms with Gasteiger partial charge in [0.05, 0.1) is 0 Å². The highest BCUT2D eigenvalue weighted by Gasteiger charge is 2.36. The molecule has 1 fully saturated rings. The van der Waals surface area contributed by atoms with Crippen LogP contribution in [0, 0.1) is 17.8 Å². The van der Waals surface area contributed by atoms with Crippen molar-refractivity contribution in [1.82, 2.24) is 0 Å². The van der Waals surface area contributed by atoms with Gasteiger partial charge < -0.3 is 0 Å². The lowest BCUT2D eigenvalue weighted by Gasteiger charge is -2.06. The second-order valence-corrected chi connectivity index (χ2v) is 4.27. The highest BCUT2D eigenvalue weighted by Crippen LogP contribution is 2.47. The van der Waals surface area contributed by atoms with Gasteiger partial charge in [-0.3, -0.25) is 0 Å². The number of hydrogen-bond acceptors (Lipinski definition) is 0. The molecule has 11 heavy (non-hydrogen) atoms. The van der Waals surface area contributed by atoms with Gasteiger partial charge in [0.15, 0.2) is 0 Å². The zero-order valence-electron chi connectivity index (χ0n) is 8.06. The molecule has 0 heteroatoms. The molecule has 0 heterocycles. The molecule has 0 N–H and O–H groups in total. The smallest absolute Gasteiger partial charge is 0.0174 e. The fourth-order valence-corrected chi connectivity index (χ4v) is 1.87. The van der Waals surface area contributed by atoms with Gasteiger partial charge in [0.1, 0.15) is 0 Å². The summed E-state index contributed by atoms with van der Waals surface area (Å²) >= 11 is 0. The minimum atomic E-state index is 0.792. The summed E-state index contributed by atoms with van der Waals surface area (Å²) in [6.07, 6.45) is 4.00. The molecule has 1 aliphatic carbocycles. The van der Waals surface area contributed by atoms with Gasteiger partial charge in [-0.2, -0.15) is 0 Å². The van der Waals surface area contributed by atoms with Crippen LogP contribution in [0.15, 0.2) is 12.2 Å². The van der Waals surface area contributed by atoms with Gasteiger partial charge in [-0.1, -0.05) is 39.3 Å². The van der Waals surface area contributed by atoms with E-state index in [1.54, 1.807) is 0 Å². The summed E-state index contributed by atoms with van der Waals surface area (Å²) < 4.78 is 0. The van der Waals surface area contributed by atoms with Crippen LogP contribution < -0.4 is 0 Å². The van der Waals surface area contributed by atoms with Crippen molar-refractivity contribution in [3.63, 3.8) is 0 Å². The summed E-state index contributed by atoms with van der Waals surface area (Å²) in [6, 6.07) is 0. The molecular formula is C11H20. The van der Waals surface area contributed by atoms with Crippen molar-refractivity contribution in [1.29, 1.82) is 0 Å². The molecule has 1 aliphatic rings. The Morgan fingerprint density at radius 1 is 1.55 bits per heavy atom. The normalized spacial score (nSPS) is 29.1. The highest BCUT2D eigenvalue weighted by molar-refractivity contribution is 5.11. The monoisotopic (exact) mass is 152 g/mol. The molecule has 2 unspecified atom stereocenters. The molecule has 0 aromatic rings. The third-order valence-electron chi connectivity index (χ3n) is 2.64. The number of rotatable bonds is 4. The lowest BCUT2D eigenvalue weighted by atomic mass is 9.99. The molecule has 1 saturated carbocycles. The Balaban J connectivity index is 2.23. The summed E-state index contributed by atoms with van der Waals surface area (Å²) in [6.45, 7) is 11.0. The zero-order valence-corrected chi connectivity index (χ0v) is 8.06. The SMILES string of the molecule is C=C(CC(C)C)C1CC1CC. The highest BCUT2D eigenvalue weighted by atomic mass is 14.4. The van der Waals surface area contributed by atoms with Crippen LogP contribution >= 0.6 is 0 Å². The summed E-state index contributed by atoms with van der Waals surface area (Å²) in [7, 11) is 0. The van der Waals surface area contributed by atoms with E-state index < -0.39 is 0 Å². The molecule has 0 nitrogen and oxygen atoms in total. The van der Waals surface area contributed by atoms with E-state index in [-0.39, 0.29) is 0 Å². The third-order valence-corrected chi connectivity index (χ3v) is 2.64. The molecule has 0 amide bonds. The lowest BCUT2D eigenvalue weighted by molar-refractivity contribution is 0.605. The van der Waals surface area contributed by atoms with E-state index in [1.807, 2.05) is 0 Å². The van der Waals surface area contributed by atoms with Crippen LogP contribution in [0.4, 0.5) is 0 Å². The first-order valence-electron chi connectivity index (χ1n) is 4.82. The van der Waals surface area contributed by atoms with Crippen molar-refractivity contribution in [2.45, 2.75) is 40.0 Å². The lowest BCUT2D eigenvalue weighted by Crippen LogP contribution is -1.93. The standard InChI is InChI=1S/C11H20/c1-5-10-7-11(10)9(4)6-8(2)3/h8,10-11H,4-7H2,1-3H3. The Bertz CT molecular complexity index is 144. The Morgan fingerprint density at radius 2 is 2.18 bits per heavy atom. The molecule has 0 aliphatic heterocycles. The largest absolute Gasteiger partial charge is 0.0996 e. The van der Waals surface area contributed by atoms with Gasteiger partial charge in [0, 0.05) is 0 Å². The van der Waals surface area contributed by atoms with Crippen molar-refractivity contribution >= 4 is 0 Å². The molecule has 0 bridgehead atoms. The number of allylic oxidation sites excluding steroid dienone is 1. The van der Waals surface area contributed by atoms with Crippen molar-refractivity contribution < 1.29 is 0 Å². The second kappa shape index (κ2) is 3.42. The van der Waals surface area contributed by atoms with Crippen LogP contribution in [0.5, 0.6) is 0 Å². The van der Waals surface area contributed by atoms with Crippen molar-refractivity contribution in [3.05, 3.63) is 12.2 Å². The van der Waals surface area contributed by atoms with Gasteiger partial charge in [-0.05, 0) is 30.6 Å². The predicted molar refractivity (Wildman–Crippen MR) is 50.5 cm³/mol. The Labute approximate surface area is 70.7 Å². The van der Waals surface area contributed by atoms with E-state index in [0.717, 1.165) is 17.8 Å². The van der Waals surface area contributed by atoms with Crippen LogP contribution in [0.25, 0.3) is 0 Å². The first-order valence-corrected chi connectivity index (χ1v) is 4.82. The minimum Gasteiger partial charge on any atom is -0.0996 e. The maximum atomic E-state index is 4.16. The van der Waals surface area contributed by atoms with Crippen LogP contribution in [0.3, 0.4) is 0 Å². The maximum Gasteiger partial charge on any atom is -0.0174 e. The van der Waals surface area contributed by atoms with E-state index in [2.05, 4.69) is 27.4 Å². The molecule has 0 spiro atoms. The first-order chi connectivity index (χ1) is 5.15. The Kier molecular flexibility index (Phi) is 2.75. The molecule has 0 radical (unpaired) electrons. The zero-order chi connectivity index (χ0) is 8.43. The van der Waals surface area contributed by atoms with Crippen LogP contribution in [-0.2, 0) is 0 Å². The summed E-state index contributed by atoms with van der Waals surface area (Å²) in [5.41, 5.74) is 1.51. The Hall–Kier alpha value is -0.260. The molecule has 0 aromatic heterocycles. The molecule has 2 atom stereocenters. The topological polar surface area (TPSA) is 0 Å². The van der Waals surface area contributed by atoms with E-state index in [4.69, 9.17) is 0 Å². The maximum absolute atomic E-state index is 4.16.